The average molecular weight is 832 g/mol. The van der Waals surface area contributed by atoms with Gasteiger partial charge in [-0.1, -0.05) is 35.4 Å². The predicted molar refractivity (Wildman–Crippen MR) is 220 cm³/mol. The summed E-state index contributed by atoms with van der Waals surface area (Å²) >= 11 is 0. The van der Waals surface area contributed by atoms with Gasteiger partial charge in [-0.05, 0) is 146 Å². The van der Waals surface area contributed by atoms with Gasteiger partial charge in [-0.25, -0.2) is 0 Å². The second-order valence-electron chi connectivity index (χ2n) is 15.3. The molecule has 0 N–H and O–H groups in total. The van der Waals surface area contributed by atoms with Crippen LogP contribution in [-0.2, 0) is 18.5 Å². The van der Waals surface area contributed by atoms with Crippen LogP contribution >= 0.6 is 0 Å². The van der Waals surface area contributed by atoms with Crippen LogP contribution < -0.4 is 0 Å². The highest BCUT2D eigenvalue weighted by Crippen LogP contribution is 2.45. The van der Waals surface area contributed by atoms with Gasteiger partial charge >= 0.3 is 18.5 Å². The van der Waals surface area contributed by atoms with E-state index in [1.165, 1.54) is 18.2 Å². The summed E-state index contributed by atoms with van der Waals surface area (Å²) in [6.07, 6.45) is -13.9. The molecule has 0 atom stereocenters. The van der Waals surface area contributed by atoms with Crippen molar-refractivity contribution >= 4 is 43.6 Å². The van der Waals surface area contributed by atoms with Crippen LogP contribution in [0.5, 0.6) is 0 Å². The van der Waals surface area contributed by atoms with Crippen molar-refractivity contribution in [1.29, 1.82) is 5.26 Å². The highest BCUT2D eigenvalue weighted by atomic mass is 19.4. The molecule has 0 saturated carbocycles. The number of nitrogens with zero attached hydrogens (tertiary/aromatic N) is 3. The fourth-order valence-electron chi connectivity index (χ4n) is 8.45. The summed E-state index contributed by atoms with van der Waals surface area (Å²) < 4.78 is 130. The van der Waals surface area contributed by atoms with E-state index in [0.29, 0.717) is 82.8 Å². The first-order valence-corrected chi connectivity index (χ1v) is 18.9. The van der Waals surface area contributed by atoms with Crippen molar-refractivity contribution in [2.45, 2.75) is 39.3 Å². The quantitative estimate of drug-likeness (QED) is 0.163. The van der Waals surface area contributed by atoms with Gasteiger partial charge in [0, 0.05) is 32.8 Å². The lowest BCUT2D eigenvalue weighted by Gasteiger charge is -2.20. The Morgan fingerprint density at radius 1 is 0.410 bits per heavy atom. The van der Waals surface area contributed by atoms with Crippen LogP contribution in [0.2, 0.25) is 0 Å². The molecule has 61 heavy (non-hydrogen) atoms. The minimum Gasteiger partial charge on any atom is -0.309 e. The van der Waals surface area contributed by atoms with Crippen molar-refractivity contribution in [2.24, 2.45) is 0 Å². The highest BCUT2D eigenvalue weighted by Gasteiger charge is 2.34. The molecular formula is C49H30F9N3. The van der Waals surface area contributed by atoms with E-state index in [1.807, 2.05) is 36.6 Å². The first-order valence-electron chi connectivity index (χ1n) is 18.9. The molecule has 0 amide bonds. The molecule has 0 saturated heterocycles. The standard InChI is InChI=1S/C49H30F9N3/c1-26-4-13-42-37(18-26)40-22-31(48(53,54)55)8-16-43(40)60(42)33-10-12-35(34-11-7-30(20-28(34)3)47(50,51)52)36(24-33)39-21-29(25-59)6-15-45(39)61-44-14-5-27(2)19-38(44)41-23-32(49(56,57)58)9-17-46(41)61/h4-24H,1-3H3. The van der Waals surface area contributed by atoms with E-state index in [4.69, 9.17) is 0 Å². The van der Waals surface area contributed by atoms with E-state index in [9.17, 15) is 44.8 Å². The number of benzene rings is 7. The van der Waals surface area contributed by atoms with Crippen molar-refractivity contribution in [1.82, 2.24) is 9.13 Å². The smallest absolute Gasteiger partial charge is 0.309 e. The van der Waals surface area contributed by atoms with Crippen LogP contribution in [-0.4, -0.2) is 9.13 Å². The summed E-state index contributed by atoms with van der Waals surface area (Å²) in [6.45, 7) is 5.21. The van der Waals surface area contributed by atoms with Crippen LogP contribution in [0.1, 0.15) is 38.9 Å². The van der Waals surface area contributed by atoms with Gasteiger partial charge in [0.25, 0.3) is 0 Å². The summed E-state index contributed by atoms with van der Waals surface area (Å²) in [5.74, 6) is 0. The van der Waals surface area contributed by atoms with Crippen LogP contribution in [0.4, 0.5) is 39.5 Å². The third-order valence-corrected chi connectivity index (χ3v) is 11.3. The number of fused-ring (bicyclic) bond motifs is 6. The zero-order valence-electron chi connectivity index (χ0n) is 32.4. The molecule has 2 aromatic heterocycles. The van der Waals surface area contributed by atoms with Gasteiger partial charge in [0.05, 0.1) is 56.1 Å². The van der Waals surface area contributed by atoms with Crippen molar-refractivity contribution in [3.05, 3.63) is 166 Å². The number of rotatable bonds is 4. The molecule has 0 radical (unpaired) electrons. The molecule has 9 aromatic rings. The van der Waals surface area contributed by atoms with E-state index in [2.05, 4.69) is 6.07 Å². The Kier molecular flexibility index (Phi) is 8.91. The largest absolute Gasteiger partial charge is 0.416 e. The van der Waals surface area contributed by atoms with Gasteiger partial charge < -0.3 is 9.13 Å². The van der Waals surface area contributed by atoms with E-state index in [1.54, 1.807) is 66.1 Å². The second kappa shape index (κ2) is 13.8. The Hall–Kier alpha value is -7.00. The SMILES string of the molecule is Cc1ccc2c(c1)c1cc(C(F)(F)F)ccc1n2-c1ccc(-c2ccc(C(F)(F)F)cc2C)c(-c2cc(C#N)ccc2-n2c3ccc(C)cc3c3cc(C(F)(F)F)ccc32)c1. The zero-order valence-corrected chi connectivity index (χ0v) is 32.4. The van der Waals surface area contributed by atoms with Crippen molar-refractivity contribution in [2.75, 3.05) is 0 Å². The van der Waals surface area contributed by atoms with Gasteiger partial charge in [0.15, 0.2) is 0 Å². The minimum absolute atomic E-state index is 0.224. The number of aryl methyl sites for hydroxylation is 3. The molecule has 0 aliphatic heterocycles. The molecule has 0 unspecified atom stereocenters. The lowest BCUT2D eigenvalue weighted by Crippen LogP contribution is -2.06. The molecular weight excluding hydrogens is 802 g/mol. The summed E-state index contributed by atoms with van der Waals surface area (Å²) in [5, 5.41) is 12.0. The zero-order chi connectivity index (χ0) is 43.3. The molecule has 0 aliphatic rings. The maximum absolute atomic E-state index is 14.1. The average Bonchev–Trinajstić information content (AvgIpc) is 3.70. The van der Waals surface area contributed by atoms with E-state index in [0.717, 1.165) is 47.5 Å². The molecule has 0 spiro atoms. The molecule has 0 aliphatic carbocycles. The number of hydrogen-bond donors (Lipinski definition) is 0. The summed E-state index contributed by atoms with van der Waals surface area (Å²) in [4.78, 5) is 0. The Balaban J connectivity index is 1.39. The van der Waals surface area contributed by atoms with Gasteiger partial charge in [-0.15, -0.1) is 0 Å². The molecule has 9 rings (SSSR count). The van der Waals surface area contributed by atoms with Gasteiger partial charge in [-0.3, -0.25) is 0 Å². The number of halogens is 9. The Morgan fingerprint density at radius 2 is 0.869 bits per heavy atom. The molecule has 3 nitrogen and oxygen atoms in total. The third kappa shape index (κ3) is 6.65. The van der Waals surface area contributed by atoms with E-state index >= 15 is 0 Å². The monoisotopic (exact) mass is 831 g/mol. The lowest BCUT2D eigenvalue weighted by atomic mass is 9.89. The number of hydrogen-bond acceptors (Lipinski definition) is 1. The molecule has 12 heteroatoms. The van der Waals surface area contributed by atoms with Gasteiger partial charge in [-0.2, -0.15) is 44.8 Å². The molecule has 304 valence electrons. The highest BCUT2D eigenvalue weighted by molar-refractivity contribution is 6.11. The number of aromatic nitrogens is 2. The van der Waals surface area contributed by atoms with Crippen molar-refractivity contribution < 1.29 is 39.5 Å². The Bertz CT molecular complexity index is 3320. The van der Waals surface area contributed by atoms with Crippen LogP contribution in [0.3, 0.4) is 0 Å². The fourth-order valence-corrected chi connectivity index (χ4v) is 8.45. The Labute approximate surface area is 342 Å². The molecule has 0 fully saturated rings. The summed E-state index contributed by atoms with van der Waals surface area (Å²) in [7, 11) is 0. The number of nitriles is 1. The van der Waals surface area contributed by atoms with Crippen molar-refractivity contribution in [3.63, 3.8) is 0 Å². The lowest BCUT2D eigenvalue weighted by molar-refractivity contribution is -0.138. The second-order valence-corrected chi connectivity index (χ2v) is 15.3. The molecule has 7 aromatic carbocycles. The van der Waals surface area contributed by atoms with E-state index in [-0.39, 0.29) is 5.56 Å². The van der Waals surface area contributed by atoms with Gasteiger partial charge in [0.1, 0.15) is 0 Å². The topological polar surface area (TPSA) is 33.6 Å². The van der Waals surface area contributed by atoms with Crippen LogP contribution in [0, 0.1) is 32.1 Å². The third-order valence-electron chi connectivity index (χ3n) is 11.3. The molecule has 2 heterocycles. The van der Waals surface area contributed by atoms with Crippen LogP contribution in [0.25, 0.3) is 77.2 Å². The fraction of sp³-hybridized carbons (Fsp3) is 0.122. The normalized spacial score (nSPS) is 12.6. The minimum atomic E-state index is -4.62. The number of alkyl halides is 9. The maximum atomic E-state index is 14.1. The van der Waals surface area contributed by atoms with Crippen LogP contribution in [0.15, 0.2) is 127 Å². The first-order chi connectivity index (χ1) is 28.8. The predicted octanol–water partition coefficient (Wildman–Crippen LogP) is 15.1. The maximum Gasteiger partial charge on any atom is 0.416 e. The van der Waals surface area contributed by atoms with Gasteiger partial charge in [0.2, 0.25) is 0 Å². The summed E-state index contributed by atoms with van der Waals surface area (Å²) in [5.41, 5.74) is 4.39. The molecule has 0 bridgehead atoms. The first kappa shape index (κ1) is 39.5. The van der Waals surface area contributed by atoms with Crippen molar-refractivity contribution in [3.8, 4) is 39.7 Å². The Morgan fingerprint density at radius 3 is 1.38 bits per heavy atom. The van der Waals surface area contributed by atoms with E-state index < -0.39 is 35.2 Å². The summed E-state index contributed by atoms with van der Waals surface area (Å²) in [6, 6.07) is 33.6.